The Balaban J connectivity index is 1.75. The van der Waals surface area contributed by atoms with Gasteiger partial charge in [-0.25, -0.2) is 0 Å². The van der Waals surface area contributed by atoms with Crippen LogP contribution in [0.15, 0.2) is 0 Å². The number of likely N-dealkylation sites (tertiary alicyclic amines) is 1. The van der Waals surface area contributed by atoms with Gasteiger partial charge in [-0.15, -0.1) is 0 Å². The molecule has 0 aromatic heterocycles. The summed E-state index contributed by atoms with van der Waals surface area (Å²) in [6.07, 6.45) is 4.68. The molecule has 2 unspecified atom stereocenters. The van der Waals surface area contributed by atoms with E-state index in [4.69, 9.17) is 5.73 Å². The number of carbonyl (C=O) groups excluding carboxylic acids is 2. The van der Waals surface area contributed by atoms with Crippen molar-refractivity contribution in [3.63, 3.8) is 0 Å². The second kappa shape index (κ2) is 6.57. The molecule has 2 atom stereocenters. The van der Waals surface area contributed by atoms with Gasteiger partial charge in [-0.3, -0.25) is 9.59 Å². The molecule has 3 N–H and O–H groups in total. The van der Waals surface area contributed by atoms with E-state index in [1.165, 1.54) is 0 Å². The lowest BCUT2D eigenvalue weighted by atomic mass is 9.97. The maximum atomic E-state index is 12.3. The van der Waals surface area contributed by atoms with Gasteiger partial charge >= 0.3 is 0 Å². The zero-order valence-corrected chi connectivity index (χ0v) is 12.6. The number of carbonyl (C=O) groups is 2. The van der Waals surface area contributed by atoms with Crippen molar-refractivity contribution in [2.75, 3.05) is 13.1 Å². The van der Waals surface area contributed by atoms with Crippen LogP contribution in [0.2, 0.25) is 0 Å². The SMILES string of the molecule is CCC(C)C(N)C(=O)N1CCC(NC(=O)C2CC2)CC1. The Morgan fingerprint density at radius 1 is 1.25 bits per heavy atom. The van der Waals surface area contributed by atoms with Crippen LogP contribution in [0.5, 0.6) is 0 Å². The summed E-state index contributed by atoms with van der Waals surface area (Å²) in [4.78, 5) is 25.8. The first kappa shape index (κ1) is 15.3. The van der Waals surface area contributed by atoms with Gasteiger partial charge in [0, 0.05) is 25.0 Å². The lowest BCUT2D eigenvalue weighted by Crippen LogP contribution is -2.52. The molecule has 1 saturated heterocycles. The van der Waals surface area contributed by atoms with Crippen molar-refractivity contribution in [3.8, 4) is 0 Å². The maximum Gasteiger partial charge on any atom is 0.239 e. The second-order valence-corrected chi connectivity index (χ2v) is 6.29. The van der Waals surface area contributed by atoms with Gasteiger partial charge in [-0.2, -0.15) is 0 Å². The van der Waals surface area contributed by atoms with E-state index in [0.717, 1.165) is 32.1 Å². The average Bonchev–Trinajstić information content (AvgIpc) is 3.30. The molecule has 2 fully saturated rings. The first-order chi connectivity index (χ1) is 9.52. The topological polar surface area (TPSA) is 75.4 Å². The lowest BCUT2D eigenvalue weighted by Gasteiger charge is -2.34. The average molecular weight is 281 g/mol. The highest BCUT2D eigenvalue weighted by atomic mass is 16.2. The number of nitrogens with zero attached hydrogens (tertiary/aromatic N) is 1. The predicted octanol–water partition coefficient (Wildman–Crippen LogP) is 0.877. The number of nitrogens with two attached hydrogens (primary N) is 1. The third-order valence-electron chi connectivity index (χ3n) is 4.64. The predicted molar refractivity (Wildman–Crippen MR) is 77.9 cm³/mol. The minimum atomic E-state index is -0.391. The molecule has 2 rings (SSSR count). The highest BCUT2D eigenvalue weighted by Gasteiger charge is 2.33. The molecular weight excluding hydrogens is 254 g/mol. The van der Waals surface area contributed by atoms with E-state index >= 15 is 0 Å². The summed E-state index contributed by atoms with van der Waals surface area (Å²) in [6.45, 7) is 5.49. The van der Waals surface area contributed by atoms with Crippen LogP contribution < -0.4 is 11.1 Å². The number of rotatable bonds is 5. The van der Waals surface area contributed by atoms with Gasteiger partial charge in [-0.1, -0.05) is 20.3 Å². The summed E-state index contributed by atoms with van der Waals surface area (Å²) in [6, 6.07) is -0.162. The smallest absolute Gasteiger partial charge is 0.239 e. The molecule has 2 amide bonds. The van der Waals surface area contributed by atoms with Crippen molar-refractivity contribution in [2.24, 2.45) is 17.6 Å². The molecule has 20 heavy (non-hydrogen) atoms. The first-order valence-corrected chi connectivity index (χ1v) is 7.87. The van der Waals surface area contributed by atoms with Crippen LogP contribution in [0.1, 0.15) is 46.0 Å². The van der Waals surface area contributed by atoms with Crippen LogP contribution in [0.3, 0.4) is 0 Å². The van der Waals surface area contributed by atoms with Gasteiger partial charge in [0.25, 0.3) is 0 Å². The summed E-state index contributed by atoms with van der Waals surface area (Å²) >= 11 is 0. The van der Waals surface area contributed by atoms with Gasteiger partial charge < -0.3 is 16.0 Å². The molecule has 114 valence electrons. The standard InChI is InChI=1S/C15H27N3O2/c1-3-10(2)13(16)15(20)18-8-6-12(7-9-18)17-14(19)11-4-5-11/h10-13H,3-9,16H2,1-2H3,(H,17,19). The van der Waals surface area contributed by atoms with E-state index in [9.17, 15) is 9.59 Å². The Kier molecular flexibility index (Phi) is 5.02. The van der Waals surface area contributed by atoms with Gasteiger partial charge in [0.2, 0.25) is 11.8 Å². The molecule has 2 aliphatic rings. The number of piperidine rings is 1. The first-order valence-electron chi connectivity index (χ1n) is 7.87. The fourth-order valence-electron chi connectivity index (χ4n) is 2.62. The van der Waals surface area contributed by atoms with Gasteiger partial charge in [0.05, 0.1) is 6.04 Å². The molecule has 0 spiro atoms. The Bertz CT molecular complexity index is 360. The minimum Gasteiger partial charge on any atom is -0.353 e. The van der Waals surface area contributed by atoms with Gasteiger partial charge in [-0.05, 0) is 31.6 Å². The summed E-state index contributed by atoms with van der Waals surface area (Å²) in [5.74, 6) is 0.737. The molecule has 1 aliphatic carbocycles. The van der Waals surface area contributed by atoms with Crippen molar-refractivity contribution < 1.29 is 9.59 Å². The third-order valence-corrected chi connectivity index (χ3v) is 4.64. The van der Waals surface area contributed by atoms with Crippen molar-refractivity contribution in [1.82, 2.24) is 10.2 Å². The van der Waals surface area contributed by atoms with Crippen molar-refractivity contribution in [3.05, 3.63) is 0 Å². The fourth-order valence-corrected chi connectivity index (χ4v) is 2.62. The van der Waals surface area contributed by atoms with Crippen LogP contribution in [-0.4, -0.2) is 41.9 Å². The number of hydrogen-bond donors (Lipinski definition) is 2. The summed E-state index contributed by atoms with van der Waals surface area (Å²) in [7, 11) is 0. The minimum absolute atomic E-state index is 0.0614. The fraction of sp³-hybridized carbons (Fsp3) is 0.867. The highest BCUT2D eigenvalue weighted by molar-refractivity contribution is 5.82. The molecule has 0 aromatic carbocycles. The molecule has 0 aromatic rings. The van der Waals surface area contributed by atoms with E-state index in [1.807, 2.05) is 11.8 Å². The van der Waals surface area contributed by atoms with Crippen molar-refractivity contribution in [2.45, 2.75) is 58.0 Å². The van der Waals surface area contributed by atoms with E-state index in [1.54, 1.807) is 0 Å². The van der Waals surface area contributed by atoms with Gasteiger partial charge in [0.1, 0.15) is 0 Å². The Hall–Kier alpha value is -1.10. The molecule has 1 aliphatic heterocycles. The molecule has 0 radical (unpaired) electrons. The van der Waals surface area contributed by atoms with Crippen LogP contribution in [0.4, 0.5) is 0 Å². The monoisotopic (exact) mass is 281 g/mol. The molecule has 0 bridgehead atoms. The zero-order valence-electron chi connectivity index (χ0n) is 12.6. The molecule has 5 nitrogen and oxygen atoms in total. The Labute approximate surface area is 121 Å². The quantitative estimate of drug-likeness (QED) is 0.785. The molecule has 1 heterocycles. The van der Waals surface area contributed by atoms with E-state index < -0.39 is 6.04 Å². The largest absolute Gasteiger partial charge is 0.353 e. The van der Waals surface area contributed by atoms with E-state index in [-0.39, 0.29) is 29.7 Å². The second-order valence-electron chi connectivity index (χ2n) is 6.29. The summed E-state index contributed by atoms with van der Waals surface area (Å²) in [5, 5.41) is 3.10. The van der Waals surface area contributed by atoms with Crippen molar-refractivity contribution in [1.29, 1.82) is 0 Å². The summed E-state index contributed by atoms with van der Waals surface area (Å²) < 4.78 is 0. The Morgan fingerprint density at radius 3 is 2.35 bits per heavy atom. The van der Waals surface area contributed by atoms with E-state index in [2.05, 4.69) is 12.2 Å². The van der Waals surface area contributed by atoms with E-state index in [0.29, 0.717) is 13.1 Å². The number of amides is 2. The van der Waals surface area contributed by atoms with Crippen LogP contribution >= 0.6 is 0 Å². The number of nitrogens with one attached hydrogen (secondary N) is 1. The zero-order chi connectivity index (χ0) is 14.7. The Morgan fingerprint density at radius 2 is 1.85 bits per heavy atom. The summed E-state index contributed by atoms with van der Waals surface area (Å²) in [5.41, 5.74) is 6.00. The van der Waals surface area contributed by atoms with Crippen LogP contribution in [0, 0.1) is 11.8 Å². The normalized spacial score (nSPS) is 23.2. The van der Waals surface area contributed by atoms with Crippen molar-refractivity contribution >= 4 is 11.8 Å². The maximum absolute atomic E-state index is 12.3. The molecular formula is C15H27N3O2. The molecule has 1 saturated carbocycles. The molecule has 5 heteroatoms. The third kappa shape index (κ3) is 3.72. The van der Waals surface area contributed by atoms with Gasteiger partial charge in [0.15, 0.2) is 0 Å². The van der Waals surface area contributed by atoms with Crippen LogP contribution in [-0.2, 0) is 9.59 Å². The lowest BCUT2D eigenvalue weighted by molar-refractivity contribution is -0.135. The van der Waals surface area contributed by atoms with Crippen LogP contribution in [0.25, 0.3) is 0 Å². The highest BCUT2D eigenvalue weighted by Crippen LogP contribution is 2.29. The number of hydrogen-bond acceptors (Lipinski definition) is 3.